The molecule has 7 rings (SSSR count). The van der Waals surface area contributed by atoms with Crippen molar-refractivity contribution in [3.8, 4) is 11.4 Å². The molecule has 5 aliphatic rings. The molecule has 9 unspecified atom stereocenters. The number of esters is 1. The van der Waals surface area contributed by atoms with Crippen LogP contribution in [0.4, 0.5) is 0 Å². The van der Waals surface area contributed by atoms with Crippen LogP contribution >= 0.6 is 0 Å². The zero-order valence-corrected chi connectivity index (χ0v) is 33.7. The summed E-state index contributed by atoms with van der Waals surface area (Å²) in [7, 11) is 0. The number of carbonyl (C=O) groups is 3. The number of aldehydes is 1. The first-order valence-corrected chi connectivity index (χ1v) is 20.7. The third-order valence-electron chi connectivity index (χ3n) is 15.5. The number of Topliss-reactive ketones (excluding diaryl/α,β-unsaturated/α-hetero) is 1. The van der Waals surface area contributed by atoms with E-state index in [1.807, 2.05) is 0 Å². The highest BCUT2D eigenvalue weighted by Crippen LogP contribution is 2.72. The van der Waals surface area contributed by atoms with E-state index in [9.17, 15) is 14.4 Å². The van der Waals surface area contributed by atoms with Crippen molar-refractivity contribution in [1.82, 2.24) is 14.8 Å². The van der Waals surface area contributed by atoms with Crippen LogP contribution in [-0.4, -0.2) is 45.5 Å². The van der Waals surface area contributed by atoms with Crippen molar-refractivity contribution in [3.05, 3.63) is 46.8 Å². The van der Waals surface area contributed by atoms with E-state index in [0.29, 0.717) is 49.0 Å². The molecule has 288 valence electrons. The molecular formula is C45H64N4O4. The first-order chi connectivity index (χ1) is 25.1. The summed E-state index contributed by atoms with van der Waals surface area (Å²) in [4.78, 5) is 38.6. The van der Waals surface area contributed by atoms with Crippen LogP contribution in [0.15, 0.2) is 35.4 Å². The van der Waals surface area contributed by atoms with Crippen molar-refractivity contribution in [2.45, 2.75) is 139 Å². The van der Waals surface area contributed by atoms with Gasteiger partial charge in [0.15, 0.2) is 11.6 Å². The first kappa shape index (κ1) is 38.2. The third-order valence-corrected chi connectivity index (χ3v) is 15.5. The molecule has 0 amide bonds. The van der Waals surface area contributed by atoms with Gasteiger partial charge >= 0.3 is 5.97 Å². The summed E-state index contributed by atoms with van der Waals surface area (Å²) in [6, 6.07) is 8.47. The zero-order chi connectivity index (χ0) is 38.1. The molecule has 5 aliphatic carbocycles. The molecule has 53 heavy (non-hydrogen) atoms. The number of fused-ring (bicyclic) bond motifs is 7. The largest absolute Gasteiger partial charge is 0.462 e. The van der Waals surface area contributed by atoms with Crippen molar-refractivity contribution in [1.29, 1.82) is 0 Å². The number of hydrogen-bond acceptors (Lipinski definition) is 7. The maximum absolute atomic E-state index is 14.2. The summed E-state index contributed by atoms with van der Waals surface area (Å²) in [5.41, 5.74) is 10.5. The van der Waals surface area contributed by atoms with Gasteiger partial charge in [0.2, 0.25) is 0 Å². The molecule has 8 nitrogen and oxygen atoms in total. The second-order valence-electron chi connectivity index (χ2n) is 19.5. The van der Waals surface area contributed by atoms with E-state index in [1.54, 1.807) is 13.8 Å². The molecular weight excluding hydrogens is 661 g/mol. The van der Waals surface area contributed by atoms with Crippen LogP contribution < -0.4 is 5.73 Å². The zero-order valence-electron chi connectivity index (χ0n) is 33.7. The van der Waals surface area contributed by atoms with Crippen LogP contribution in [0.1, 0.15) is 124 Å². The van der Waals surface area contributed by atoms with E-state index in [2.05, 4.69) is 70.4 Å². The fourth-order valence-corrected chi connectivity index (χ4v) is 13.1. The predicted molar refractivity (Wildman–Crippen MR) is 207 cm³/mol. The minimum Gasteiger partial charge on any atom is -0.462 e. The lowest BCUT2D eigenvalue weighted by Crippen LogP contribution is -2.60. The van der Waals surface area contributed by atoms with Gasteiger partial charge in [0, 0.05) is 42.3 Å². The Morgan fingerprint density at radius 2 is 1.70 bits per heavy atom. The highest BCUT2D eigenvalue weighted by Gasteiger charge is 2.65. The number of aromatic nitrogens is 3. The summed E-state index contributed by atoms with van der Waals surface area (Å²) in [5, 5.41) is 9.58. The predicted octanol–water partition coefficient (Wildman–Crippen LogP) is 8.48. The lowest BCUT2D eigenvalue weighted by molar-refractivity contribution is -0.191. The van der Waals surface area contributed by atoms with Gasteiger partial charge in [0.1, 0.15) is 18.2 Å². The van der Waals surface area contributed by atoms with E-state index in [4.69, 9.17) is 20.7 Å². The maximum Gasteiger partial charge on any atom is 0.307 e. The van der Waals surface area contributed by atoms with E-state index in [0.717, 1.165) is 74.0 Å². The van der Waals surface area contributed by atoms with Gasteiger partial charge in [0.25, 0.3) is 0 Å². The minimum absolute atomic E-state index is 0.0879. The lowest BCUT2D eigenvalue weighted by Gasteiger charge is -2.67. The lowest BCUT2D eigenvalue weighted by atomic mass is 9.38. The molecule has 0 saturated heterocycles. The maximum atomic E-state index is 14.2. The van der Waals surface area contributed by atoms with Crippen LogP contribution in [0.25, 0.3) is 11.4 Å². The van der Waals surface area contributed by atoms with Gasteiger partial charge in [-0.05, 0) is 110 Å². The summed E-state index contributed by atoms with van der Waals surface area (Å²) in [6.45, 7) is 18.8. The molecule has 9 atom stereocenters. The fourth-order valence-electron chi connectivity index (χ4n) is 13.1. The average Bonchev–Trinajstić information content (AvgIpc) is 3.63. The molecule has 1 heterocycles. The molecule has 0 spiro atoms. The van der Waals surface area contributed by atoms with Crippen LogP contribution in [-0.2, 0) is 32.1 Å². The second kappa shape index (κ2) is 13.9. The second-order valence-corrected chi connectivity index (χ2v) is 19.5. The Balaban J connectivity index is 1.17. The molecule has 2 N–H and O–H groups in total. The molecule has 8 heteroatoms. The van der Waals surface area contributed by atoms with Crippen LogP contribution in [0.3, 0.4) is 0 Å². The smallest absolute Gasteiger partial charge is 0.307 e. The Hall–Kier alpha value is -3.13. The SMILES string of the molecule is Cc1ccc(-c2nnc(CC34CCC5C(CCC6C5(C)CCC5C(C)C(OC(=O)CC(C)(C)C=O)CCC56C)C3=C(C(C)C)C(=O)C4)n2CCN)cc1. The summed E-state index contributed by atoms with van der Waals surface area (Å²) in [6.07, 6.45) is 10.9. The molecule has 4 saturated carbocycles. The monoisotopic (exact) mass is 724 g/mol. The van der Waals surface area contributed by atoms with Crippen molar-refractivity contribution in [2.24, 2.45) is 62.9 Å². The van der Waals surface area contributed by atoms with E-state index in [-0.39, 0.29) is 46.6 Å². The molecule has 0 radical (unpaired) electrons. The molecule has 0 aliphatic heterocycles. The Morgan fingerprint density at radius 3 is 2.38 bits per heavy atom. The van der Waals surface area contributed by atoms with Gasteiger partial charge in [-0.3, -0.25) is 9.59 Å². The number of allylic oxidation sites excluding steroid dienone is 2. The van der Waals surface area contributed by atoms with Gasteiger partial charge in [-0.25, -0.2) is 0 Å². The number of ether oxygens (including phenoxy) is 1. The van der Waals surface area contributed by atoms with E-state index < -0.39 is 5.41 Å². The van der Waals surface area contributed by atoms with Crippen molar-refractivity contribution in [2.75, 3.05) is 6.54 Å². The quantitative estimate of drug-likeness (QED) is 0.193. The molecule has 1 aromatic carbocycles. The van der Waals surface area contributed by atoms with Crippen LogP contribution in [0.2, 0.25) is 0 Å². The van der Waals surface area contributed by atoms with Crippen LogP contribution in [0.5, 0.6) is 0 Å². The number of hydrogen-bond donors (Lipinski definition) is 1. The number of aryl methyl sites for hydroxylation is 1. The van der Waals surface area contributed by atoms with E-state index >= 15 is 0 Å². The number of nitrogens with two attached hydrogens (primary N) is 1. The van der Waals surface area contributed by atoms with Gasteiger partial charge in [-0.15, -0.1) is 10.2 Å². The normalized spacial score (nSPS) is 35.4. The van der Waals surface area contributed by atoms with Crippen molar-refractivity contribution < 1.29 is 19.1 Å². The third kappa shape index (κ3) is 6.37. The highest BCUT2D eigenvalue weighted by molar-refractivity contribution is 6.00. The van der Waals surface area contributed by atoms with Gasteiger partial charge in [-0.1, -0.05) is 83.9 Å². The van der Waals surface area contributed by atoms with E-state index in [1.165, 1.54) is 24.0 Å². The Morgan fingerprint density at radius 1 is 1.02 bits per heavy atom. The number of carbonyl (C=O) groups excluding carboxylic acids is 3. The van der Waals surface area contributed by atoms with Crippen LogP contribution in [0, 0.1) is 64.1 Å². The van der Waals surface area contributed by atoms with Crippen molar-refractivity contribution in [3.63, 3.8) is 0 Å². The molecule has 4 fully saturated rings. The topological polar surface area (TPSA) is 117 Å². The molecule has 2 aromatic rings. The summed E-state index contributed by atoms with van der Waals surface area (Å²) >= 11 is 0. The minimum atomic E-state index is -0.701. The van der Waals surface area contributed by atoms with Gasteiger partial charge in [0.05, 0.1) is 6.42 Å². The number of benzene rings is 1. The Bertz CT molecular complexity index is 1770. The number of rotatable bonds is 10. The van der Waals surface area contributed by atoms with Gasteiger partial charge in [-0.2, -0.15) is 0 Å². The molecule has 0 bridgehead atoms. The molecule has 1 aromatic heterocycles. The average molecular weight is 725 g/mol. The standard InChI is InChI=1S/C45H64N4O4/c1-27(2)39-34(51)23-45(24-37-47-48-41(49(37)22-21-46)30-11-9-28(3)10-12-30)20-16-33-31(40(39)45)13-14-36-43(7)19-17-35(53-38(52)25-42(5,6)26-50)29(4)32(43)15-18-44(33,36)8/h9-12,26-27,29,31-33,35-36H,13-25,46H2,1-8H3. The first-order valence-electron chi connectivity index (χ1n) is 20.7. The fraction of sp³-hybridized carbons (Fsp3) is 0.711. The number of nitrogens with zero attached hydrogens (tertiary/aromatic N) is 3. The number of ketones is 1. The highest BCUT2D eigenvalue weighted by atomic mass is 16.5. The Labute approximate surface area is 317 Å². The Kier molecular flexibility index (Phi) is 9.98. The summed E-state index contributed by atoms with van der Waals surface area (Å²) in [5.74, 6) is 4.44. The van der Waals surface area contributed by atoms with Crippen molar-refractivity contribution >= 4 is 18.0 Å². The summed E-state index contributed by atoms with van der Waals surface area (Å²) < 4.78 is 8.36. The van der Waals surface area contributed by atoms with Gasteiger partial charge < -0.3 is 19.8 Å².